The Hall–Kier alpha value is -3.81. The molecule has 0 saturated carbocycles. The maximum Gasteiger partial charge on any atom is 0.150 e. The lowest BCUT2D eigenvalue weighted by Gasteiger charge is -2.10. The molecule has 0 aliphatic heterocycles. The summed E-state index contributed by atoms with van der Waals surface area (Å²) >= 11 is 0. The van der Waals surface area contributed by atoms with Crippen molar-refractivity contribution in [2.45, 2.75) is 33.1 Å². The van der Waals surface area contributed by atoms with Crippen LogP contribution in [0.1, 0.15) is 31.0 Å². The monoisotopic (exact) mass is 429 g/mol. The summed E-state index contributed by atoms with van der Waals surface area (Å²) in [5.74, 6) is 1.91. The SMILES string of the molecule is CC1=c2c(CCNc3cc(Nc4cnc5ccccc5n4)ncn3)c(C)[nH]c2=C(F)CC1. The number of benzene rings is 1. The Balaban J connectivity index is 1.29. The van der Waals surface area contributed by atoms with Crippen molar-refractivity contribution in [3.05, 3.63) is 64.7 Å². The average molecular weight is 430 g/mol. The van der Waals surface area contributed by atoms with E-state index in [1.165, 1.54) is 17.5 Å². The number of nitrogens with zero attached hydrogens (tertiary/aromatic N) is 4. The van der Waals surface area contributed by atoms with Gasteiger partial charge in [0.2, 0.25) is 0 Å². The minimum atomic E-state index is -0.0452. The number of aromatic nitrogens is 5. The molecule has 3 heterocycles. The Morgan fingerprint density at radius 2 is 1.81 bits per heavy atom. The highest BCUT2D eigenvalue weighted by molar-refractivity contribution is 5.75. The first-order valence-electron chi connectivity index (χ1n) is 10.7. The smallest absolute Gasteiger partial charge is 0.150 e. The number of hydrogen-bond donors (Lipinski definition) is 3. The van der Waals surface area contributed by atoms with Crippen LogP contribution < -0.4 is 21.2 Å². The molecule has 5 rings (SSSR count). The summed E-state index contributed by atoms with van der Waals surface area (Å²) in [6, 6.07) is 9.55. The van der Waals surface area contributed by atoms with Crippen LogP contribution in [0.25, 0.3) is 22.4 Å². The number of H-pyrrole nitrogens is 1. The molecule has 0 atom stereocenters. The zero-order valence-electron chi connectivity index (χ0n) is 18.0. The van der Waals surface area contributed by atoms with Gasteiger partial charge in [0, 0.05) is 29.9 Å². The third-order valence-electron chi connectivity index (χ3n) is 5.79. The minimum absolute atomic E-state index is 0.0452. The van der Waals surface area contributed by atoms with Gasteiger partial charge in [-0.05, 0) is 44.4 Å². The highest BCUT2D eigenvalue weighted by Gasteiger charge is 2.15. The zero-order valence-corrected chi connectivity index (χ0v) is 18.0. The molecule has 3 aromatic heterocycles. The second-order valence-electron chi connectivity index (χ2n) is 8.00. The first kappa shape index (κ1) is 20.1. The summed E-state index contributed by atoms with van der Waals surface area (Å²) in [4.78, 5) is 20.8. The largest absolute Gasteiger partial charge is 0.370 e. The van der Waals surface area contributed by atoms with E-state index in [0.717, 1.165) is 34.8 Å². The van der Waals surface area contributed by atoms with Gasteiger partial charge >= 0.3 is 0 Å². The minimum Gasteiger partial charge on any atom is -0.370 e. The number of aryl methyl sites for hydroxylation is 1. The van der Waals surface area contributed by atoms with Crippen LogP contribution in [0.2, 0.25) is 0 Å². The predicted molar refractivity (Wildman–Crippen MR) is 125 cm³/mol. The summed E-state index contributed by atoms with van der Waals surface area (Å²) in [5.41, 5.74) is 5.09. The third kappa shape index (κ3) is 3.91. The Kier molecular flexibility index (Phi) is 5.26. The molecule has 0 saturated heterocycles. The van der Waals surface area contributed by atoms with E-state index in [9.17, 15) is 4.39 Å². The van der Waals surface area contributed by atoms with Crippen LogP contribution in [0, 0.1) is 6.92 Å². The number of nitrogens with one attached hydrogen (secondary N) is 3. The number of halogens is 1. The zero-order chi connectivity index (χ0) is 22.1. The van der Waals surface area contributed by atoms with Gasteiger partial charge in [-0.15, -0.1) is 0 Å². The standard InChI is InChI=1S/C24H24FN7/c1-14-7-8-17(25)24-23(14)16(15(2)30-24)9-10-26-20-11-21(29-13-28-20)32-22-12-27-18-5-3-4-6-19(18)31-22/h3-6,11-13,30H,7-10H2,1-2H3,(H2,26,28,29,31,32). The van der Waals surface area contributed by atoms with Crippen molar-refractivity contribution < 1.29 is 4.39 Å². The summed E-state index contributed by atoms with van der Waals surface area (Å²) in [6.07, 6.45) is 5.21. The van der Waals surface area contributed by atoms with Crippen molar-refractivity contribution >= 4 is 39.9 Å². The van der Waals surface area contributed by atoms with Gasteiger partial charge in [-0.1, -0.05) is 17.7 Å². The lowest BCUT2D eigenvalue weighted by Crippen LogP contribution is -2.32. The summed E-state index contributed by atoms with van der Waals surface area (Å²) < 4.78 is 14.3. The summed E-state index contributed by atoms with van der Waals surface area (Å²) in [6.45, 7) is 4.77. The molecule has 0 fully saturated rings. The van der Waals surface area contributed by atoms with Gasteiger partial charge < -0.3 is 15.6 Å². The van der Waals surface area contributed by atoms with E-state index >= 15 is 0 Å². The lowest BCUT2D eigenvalue weighted by atomic mass is 10.00. The van der Waals surface area contributed by atoms with Gasteiger partial charge in [-0.2, -0.15) is 0 Å². The topological polar surface area (TPSA) is 91.4 Å². The van der Waals surface area contributed by atoms with Crippen molar-refractivity contribution in [1.29, 1.82) is 0 Å². The van der Waals surface area contributed by atoms with Crippen molar-refractivity contribution in [1.82, 2.24) is 24.9 Å². The van der Waals surface area contributed by atoms with Crippen LogP contribution >= 0.6 is 0 Å². The lowest BCUT2D eigenvalue weighted by molar-refractivity contribution is 0.687. The molecule has 1 aliphatic rings. The molecule has 1 aliphatic carbocycles. The third-order valence-corrected chi connectivity index (χ3v) is 5.79. The van der Waals surface area contributed by atoms with E-state index in [1.807, 2.05) is 37.3 Å². The number of para-hydroxylation sites is 2. The Morgan fingerprint density at radius 3 is 2.69 bits per heavy atom. The molecule has 32 heavy (non-hydrogen) atoms. The van der Waals surface area contributed by atoms with Crippen LogP contribution in [0.4, 0.5) is 21.8 Å². The van der Waals surface area contributed by atoms with Gasteiger partial charge in [0.25, 0.3) is 0 Å². The van der Waals surface area contributed by atoms with E-state index in [0.29, 0.717) is 35.8 Å². The average Bonchev–Trinajstić information content (AvgIpc) is 3.14. The van der Waals surface area contributed by atoms with Crippen LogP contribution in [-0.4, -0.2) is 31.5 Å². The number of aromatic amines is 1. The molecule has 4 aromatic rings. The molecule has 0 bridgehead atoms. The van der Waals surface area contributed by atoms with Crippen LogP contribution in [0.15, 0.2) is 42.9 Å². The van der Waals surface area contributed by atoms with Crippen molar-refractivity contribution in [2.75, 3.05) is 17.2 Å². The van der Waals surface area contributed by atoms with Crippen molar-refractivity contribution in [3.63, 3.8) is 0 Å². The normalized spacial score (nSPS) is 13.3. The van der Waals surface area contributed by atoms with Crippen LogP contribution in [0.3, 0.4) is 0 Å². The van der Waals surface area contributed by atoms with E-state index in [4.69, 9.17) is 0 Å². The van der Waals surface area contributed by atoms with Gasteiger partial charge in [0.1, 0.15) is 23.8 Å². The quantitative estimate of drug-likeness (QED) is 0.435. The van der Waals surface area contributed by atoms with E-state index in [-0.39, 0.29) is 5.83 Å². The first-order valence-corrected chi connectivity index (χ1v) is 10.7. The predicted octanol–water partition coefficient (Wildman–Crippen LogP) is 3.50. The van der Waals surface area contributed by atoms with Gasteiger partial charge in [-0.3, -0.25) is 4.98 Å². The Labute approximate surface area is 184 Å². The Morgan fingerprint density at radius 1 is 1.00 bits per heavy atom. The summed E-state index contributed by atoms with van der Waals surface area (Å²) in [5, 5.41) is 8.24. The van der Waals surface area contributed by atoms with E-state index in [1.54, 1.807) is 6.20 Å². The van der Waals surface area contributed by atoms with Crippen LogP contribution in [-0.2, 0) is 6.42 Å². The number of anilines is 3. The molecule has 0 spiro atoms. The van der Waals surface area contributed by atoms with E-state index in [2.05, 4.69) is 42.5 Å². The highest BCUT2D eigenvalue weighted by atomic mass is 19.1. The molecular weight excluding hydrogens is 405 g/mol. The first-order chi connectivity index (χ1) is 15.6. The molecule has 0 unspecified atom stereocenters. The van der Waals surface area contributed by atoms with Crippen LogP contribution in [0.5, 0.6) is 0 Å². The van der Waals surface area contributed by atoms with Crippen molar-refractivity contribution in [3.8, 4) is 0 Å². The molecule has 162 valence electrons. The second kappa shape index (κ2) is 8.37. The fourth-order valence-electron chi connectivity index (χ4n) is 4.18. The fraction of sp³-hybridized carbons (Fsp3) is 0.250. The second-order valence-corrected chi connectivity index (χ2v) is 8.00. The highest BCUT2D eigenvalue weighted by Crippen LogP contribution is 2.18. The van der Waals surface area contributed by atoms with E-state index < -0.39 is 0 Å². The van der Waals surface area contributed by atoms with Gasteiger partial charge in [-0.25, -0.2) is 19.3 Å². The summed E-state index contributed by atoms with van der Waals surface area (Å²) in [7, 11) is 0. The maximum atomic E-state index is 14.3. The maximum absolute atomic E-state index is 14.3. The molecule has 7 nitrogen and oxygen atoms in total. The number of hydrogen-bond acceptors (Lipinski definition) is 6. The van der Waals surface area contributed by atoms with Gasteiger partial charge in [0.15, 0.2) is 5.82 Å². The van der Waals surface area contributed by atoms with Gasteiger partial charge in [0.05, 0.1) is 22.6 Å². The molecule has 1 aromatic carbocycles. The number of rotatable bonds is 6. The molecule has 8 heteroatoms. The molecule has 0 radical (unpaired) electrons. The number of fused-ring (bicyclic) bond motifs is 2. The fourth-order valence-corrected chi connectivity index (χ4v) is 4.18. The molecular formula is C24H24FN7. The molecule has 3 N–H and O–H groups in total. The Bertz CT molecular complexity index is 1420. The van der Waals surface area contributed by atoms with Crippen molar-refractivity contribution in [2.24, 2.45) is 0 Å². The molecule has 0 amide bonds.